The fraction of sp³-hybridized carbons (Fsp3) is 0.208. The fourth-order valence-corrected chi connectivity index (χ4v) is 4.72. The van der Waals surface area contributed by atoms with E-state index >= 15 is 0 Å². The molecule has 5 nitrogen and oxygen atoms in total. The Hall–Kier alpha value is -2.83. The number of ether oxygens (including phenoxy) is 2. The van der Waals surface area contributed by atoms with E-state index < -0.39 is 12.2 Å². The van der Waals surface area contributed by atoms with Crippen LogP contribution in [0.5, 0.6) is 5.75 Å². The maximum absolute atomic E-state index is 13.1. The number of nitrogens with zero attached hydrogens (tertiary/aromatic N) is 1. The van der Waals surface area contributed by atoms with Crippen molar-refractivity contribution in [1.29, 1.82) is 0 Å². The van der Waals surface area contributed by atoms with Gasteiger partial charge in [-0.1, -0.05) is 54.6 Å². The number of carbonyl (C=O) groups excluding carboxylic acids is 1. The topological polar surface area (TPSA) is 59.0 Å². The Balaban J connectivity index is 1.40. The molecule has 152 valence electrons. The summed E-state index contributed by atoms with van der Waals surface area (Å²) in [5.41, 5.74) is 5.35. The Kier molecular flexibility index (Phi) is 4.97. The van der Waals surface area contributed by atoms with E-state index in [-0.39, 0.29) is 25.7 Å². The van der Waals surface area contributed by atoms with E-state index in [4.69, 9.17) is 9.47 Å². The van der Waals surface area contributed by atoms with Gasteiger partial charge in [0.05, 0.1) is 23.3 Å². The zero-order valence-electron chi connectivity index (χ0n) is 16.1. The summed E-state index contributed by atoms with van der Waals surface area (Å²) < 4.78 is 12.4. The average Bonchev–Trinajstić information content (AvgIpc) is 3.11. The van der Waals surface area contributed by atoms with E-state index in [1.807, 2.05) is 42.5 Å². The monoisotopic (exact) mass is 465 g/mol. The van der Waals surface area contributed by atoms with Gasteiger partial charge < -0.3 is 14.6 Å². The zero-order valence-corrected chi connectivity index (χ0v) is 17.7. The lowest BCUT2D eigenvalue weighted by Gasteiger charge is -2.34. The third kappa shape index (κ3) is 3.16. The van der Waals surface area contributed by atoms with Gasteiger partial charge in [-0.05, 0) is 50.3 Å². The zero-order chi connectivity index (χ0) is 20.7. The van der Waals surface area contributed by atoms with E-state index in [0.717, 1.165) is 4.47 Å². The highest BCUT2D eigenvalue weighted by Crippen LogP contribution is 2.45. The lowest BCUT2D eigenvalue weighted by molar-refractivity contribution is 0.103. The number of amides is 1. The van der Waals surface area contributed by atoms with Gasteiger partial charge in [-0.15, -0.1) is 0 Å². The fourth-order valence-electron chi connectivity index (χ4n) is 4.27. The second kappa shape index (κ2) is 7.78. The maximum atomic E-state index is 13.1. The van der Waals surface area contributed by atoms with Crippen molar-refractivity contribution in [3.05, 3.63) is 82.3 Å². The first-order valence-corrected chi connectivity index (χ1v) is 10.6. The standard InChI is InChI=1S/C24H20BrNO4/c25-21-10-5-11-22-23(21)30-15(13-27)12-26(22)24(28)29-14-20-18-8-3-1-6-16(18)17-7-2-4-9-19(17)20/h1-11,15,20,27H,12-14H2. The minimum Gasteiger partial charge on any atom is -0.483 e. The summed E-state index contributed by atoms with van der Waals surface area (Å²) in [5.74, 6) is 0.536. The van der Waals surface area contributed by atoms with Crippen molar-refractivity contribution in [3.8, 4) is 16.9 Å². The molecule has 1 aliphatic heterocycles. The second-order valence-electron chi connectivity index (χ2n) is 7.43. The molecule has 1 N–H and O–H groups in total. The average molecular weight is 466 g/mol. The van der Waals surface area contributed by atoms with Gasteiger partial charge in [0.1, 0.15) is 12.7 Å². The van der Waals surface area contributed by atoms with Gasteiger partial charge in [-0.3, -0.25) is 4.90 Å². The third-order valence-corrected chi connectivity index (χ3v) is 6.29. The van der Waals surface area contributed by atoms with Crippen molar-refractivity contribution in [1.82, 2.24) is 0 Å². The Labute approximate surface area is 183 Å². The molecule has 0 spiro atoms. The number of aliphatic hydroxyl groups is 1. The summed E-state index contributed by atoms with van der Waals surface area (Å²) in [7, 11) is 0. The summed E-state index contributed by atoms with van der Waals surface area (Å²) >= 11 is 3.46. The van der Waals surface area contributed by atoms with Gasteiger partial charge in [0.15, 0.2) is 5.75 Å². The van der Waals surface area contributed by atoms with Crippen LogP contribution in [0.1, 0.15) is 17.0 Å². The first-order valence-electron chi connectivity index (χ1n) is 9.86. The Morgan fingerprint density at radius 3 is 2.37 bits per heavy atom. The van der Waals surface area contributed by atoms with Crippen LogP contribution >= 0.6 is 15.9 Å². The van der Waals surface area contributed by atoms with Crippen molar-refractivity contribution in [3.63, 3.8) is 0 Å². The second-order valence-corrected chi connectivity index (χ2v) is 8.28. The normalized spacial score (nSPS) is 17.0. The first kappa shape index (κ1) is 19.2. The molecule has 0 saturated carbocycles. The van der Waals surface area contributed by atoms with Crippen LogP contribution in [-0.2, 0) is 4.74 Å². The Morgan fingerprint density at radius 2 is 1.70 bits per heavy atom. The SMILES string of the molecule is O=C(OCC1c2ccccc2-c2ccccc21)N1CC(CO)Oc2c(Br)cccc21. The number of hydrogen-bond donors (Lipinski definition) is 1. The molecule has 6 heteroatoms. The molecule has 0 bridgehead atoms. The largest absolute Gasteiger partial charge is 0.483 e. The smallest absolute Gasteiger partial charge is 0.414 e. The third-order valence-electron chi connectivity index (χ3n) is 5.67. The molecular weight excluding hydrogens is 446 g/mol. The van der Waals surface area contributed by atoms with Crippen LogP contribution in [0.25, 0.3) is 11.1 Å². The highest BCUT2D eigenvalue weighted by molar-refractivity contribution is 9.10. The van der Waals surface area contributed by atoms with Crippen LogP contribution in [0.3, 0.4) is 0 Å². The molecule has 2 aliphatic rings. The predicted molar refractivity (Wildman–Crippen MR) is 118 cm³/mol. The van der Waals surface area contributed by atoms with Crippen LogP contribution in [0.4, 0.5) is 10.5 Å². The molecule has 3 aromatic carbocycles. The molecule has 1 aliphatic carbocycles. The predicted octanol–water partition coefficient (Wildman–Crippen LogP) is 4.96. The Bertz CT molecular complexity index is 1070. The summed E-state index contributed by atoms with van der Waals surface area (Å²) in [4.78, 5) is 14.6. The number of hydrogen-bond acceptors (Lipinski definition) is 4. The summed E-state index contributed by atoms with van der Waals surface area (Å²) in [6.07, 6.45) is -0.949. The van der Waals surface area contributed by atoms with Crippen LogP contribution in [0.2, 0.25) is 0 Å². The number of para-hydroxylation sites is 1. The summed E-state index contributed by atoms with van der Waals surface area (Å²) in [6.45, 7) is 0.294. The summed E-state index contributed by atoms with van der Waals surface area (Å²) in [5, 5.41) is 9.61. The minimum atomic E-state index is -0.503. The van der Waals surface area contributed by atoms with E-state index in [2.05, 4.69) is 40.2 Å². The van der Waals surface area contributed by atoms with Gasteiger partial charge in [0, 0.05) is 5.92 Å². The lowest BCUT2D eigenvalue weighted by atomic mass is 9.98. The number of anilines is 1. The molecule has 1 heterocycles. The van der Waals surface area contributed by atoms with Gasteiger partial charge in [0.25, 0.3) is 0 Å². The molecule has 0 fully saturated rings. The number of carbonyl (C=O) groups is 1. The first-order chi connectivity index (χ1) is 14.7. The van der Waals surface area contributed by atoms with Gasteiger partial charge in [-0.2, -0.15) is 0 Å². The molecule has 0 radical (unpaired) electrons. The summed E-state index contributed by atoms with van der Waals surface area (Å²) in [6, 6.07) is 22.0. The van der Waals surface area contributed by atoms with E-state index in [9.17, 15) is 9.90 Å². The molecule has 5 rings (SSSR count). The van der Waals surface area contributed by atoms with Gasteiger partial charge in [0.2, 0.25) is 0 Å². The van der Waals surface area contributed by atoms with Crippen LogP contribution in [0, 0.1) is 0 Å². The number of halogens is 1. The van der Waals surface area contributed by atoms with E-state index in [0.29, 0.717) is 11.4 Å². The van der Waals surface area contributed by atoms with Crippen molar-refractivity contribution in [2.24, 2.45) is 0 Å². The van der Waals surface area contributed by atoms with Crippen LogP contribution in [-0.4, -0.2) is 37.1 Å². The van der Waals surface area contributed by atoms with E-state index in [1.54, 1.807) is 0 Å². The molecule has 1 amide bonds. The number of aliphatic hydroxyl groups excluding tert-OH is 1. The molecule has 0 aromatic heterocycles. The lowest BCUT2D eigenvalue weighted by Crippen LogP contribution is -2.45. The number of rotatable bonds is 3. The quantitative estimate of drug-likeness (QED) is 0.593. The molecule has 0 saturated heterocycles. The molecule has 1 unspecified atom stereocenters. The maximum Gasteiger partial charge on any atom is 0.414 e. The molecule has 30 heavy (non-hydrogen) atoms. The number of fused-ring (bicyclic) bond motifs is 4. The molecule has 3 aromatic rings. The Morgan fingerprint density at radius 1 is 1.03 bits per heavy atom. The van der Waals surface area contributed by atoms with Crippen LogP contribution in [0.15, 0.2) is 71.2 Å². The highest BCUT2D eigenvalue weighted by Gasteiger charge is 2.34. The number of benzene rings is 3. The van der Waals surface area contributed by atoms with Crippen molar-refractivity contribution < 1.29 is 19.4 Å². The van der Waals surface area contributed by atoms with E-state index in [1.165, 1.54) is 27.2 Å². The highest BCUT2D eigenvalue weighted by atomic mass is 79.9. The van der Waals surface area contributed by atoms with Crippen LogP contribution < -0.4 is 9.64 Å². The van der Waals surface area contributed by atoms with Gasteiger partial charge >= 0.3 is 6.09 Å². The van der Waals surface area contributed by atoms with Crippen molar-refractivity contribution in [2.75, 3.05) is 24.7 Å². The van der Waals surface area contributed by atoms with Gasteiger partial charge in [-0.25, -0.2) is 4.79 Å². The molecular formula is C24H20BrNO4. The van der Waals surface area contributed by atoms with Crippen molar-refractivity contribution >= 4 is 27.7 Å². The molecule has 1 atom stereocenters. The van der Waals surface area contributed by atoms with Crippen molar-refractivity contribution in [2.45, 2.75) is 12.0 Å². The minimum absolute atomic E-state index is 0.00184.